The number of nitrogens with zero attached hydrogens (tertiary/aromatic N) is 6. The smallest absolute Gasteiger partial charge is 0.162 e. The van der Waals surface area contributed by atoms with Crippen molar-refractivity contribution in [3.05, 3.63) is 127 Å². The molecule has 0 N–H and O–H groups in total. The van der Waals surface area contributed by atoms with Gasteiger partial charge < -0.3 is 4.90 Å². The zero-order valence-corrected chi connectivity index (χ0v) is 20.6. The maximum Gasteiger partial charge on any atom is 0.162 e. The Hall–Kier alpha value is -4.42. The number of hydrogen-bond acceptors (Lipinski definition) is 6. The molecule has 1 aliphatic heterocycles. The van der Waals surface area contributed by atoms with Crippen molar-refractivity contribution < 1.29 is 0 Å². The van der Waals surface area contributed by atoms with Crippen molar-refractivity contribution in [2.45, 2.75) is 6.04 Å². The predicted molar refractivity (Wildman–Crippen MR) is 147 cm³/mol. The molecule has 0 radical (unpaired) electrons. The minimum atomic E-state index is 0.231. The number of anilines is 1. The molecule has 1 aliphatic rings. The summed E-state index contributed by atoms with van der Waals surface area (Å²) in [5.74, 6) is 1.66. The Kier molecular flexibility index (Phi) is 6.64. The lowest BCUT2D eigenvalue weighted by Crippen LogP contribution is -2.48. The Balaban J connectivity index is 1.29. The third-order valence-corrected chi connectivity index (χ3v) is 6.86. The summed E-state index contributed by atoms with van der Waals surface area (Å²) in [6.07, 6.45) is 7.16. The van der Waals surface area contributed by atoms with Crippen molar-refractivity contribution in [3.8, 4) is 22.6 Å². The van der Waals surface area contributed by atoms with Crippen molar-refractivity contribution in [1.82, 2.24) is 24.8 Å². The average molecular weight is 485 g/mol. The van der Waals surface area contributed by atoms with Gasteiger partial charge in [0, 0.05) is 68.2 Å². The Morgan fingerprint density at radius 1 is 0.568 bits per heavy atom. The van der Waals surface area contributed by atoms with Gasteiger partial charge in [0.15, 0.2) is 5.82 Å². The molecule has 6 nitrogen and oxygen atoms in total. The highest BCUT2D eigenvalue weighted by Crippen LogP contribution is 2.31. The molecule has 1 fully saturated rings. The van der Waals surface area contributed by atoms with Gasteiger partial charge in [-0.15, -0.1) is 0 Å². The first kappa shape index (κ1) is 23.0. The topological polar surface area (TPSA) is 58.0 Å². The molecule has 2 aromatic carbocycles. The summed E-state index contributed by atoms with van der Waals surface area (Å²) in [5, 5.41) is 0. The molecule has 0 atom stereocenters. The van der Waals surface area contributed by atoms with Crippen LogP contribution in [0, 0.1) is 0 Å². The highest BCUT2D eigenvalue weighted by atomic mass is 15.3. The van der Waals surface area contributed by atoms with Crippen LogP contribution in [0.4, 0.5) is 5.82 Å². The van der Waals surface area contributed by atoms with E-state index in [-0.39, 0.29) is 6.04 Å². The highest BCUT2D eigenvalue weighted by Gasteiger charge is 2.27. The average Bonchev–Trinajstić information content (AvgIpc) is 2.99. The van der Waals surface area contributed by atoms with Crippen LogP contribution in [-0.2, 0) is 0 Å². The number of benzene rings is 2. The van der Waals surface area contributed by atoms with Crippen LogP contribution in [0.1, 0.15) is 17.2 Å². The molecule has 0 amide bonds. The zero-order valence-electron chi connectivity index (χ0n) is 20.6. The largest absolute Gasteiger partial charge is 0.354 e. The molecule has 0 bridgehead atoms. The van der Waals surface area contributed by atoms with Crippen LogP contribution >= 0.6 is 0 Å². The van der Waals surface area contributed by atoms with Crippen molar-refractivity contribution in [2.75, 3.05) is 31.1 Å². The number of rotatable bonds is 6. The standard InChI is InChI=1S/C31H28N6/c1-3-7-25(8-4-1)30(26-9-5-2-6-10-26)37-21-19-36(20-22-37)29-23-28(24-11-15-32-16-12-24)34-31(35-29)27-13-17-33-18-14-27/h1-18,23,30H,19-22H2. The first-order chi connectivity index (χ1) is 18.3. The third kappa shape index (κ3) is 5.10. The van der Waals surface area contributed by atoms with Crippen LogP contribution in [0.15, 0.2) is 116 Å². The van der Waals surface area contributed by atoms with Crippen LogP contribution in [0.3, 0.4) is 0 Å². The van der Waals surface area contributed by atoms with Crippen LogP contribution in [-0.4, -0.2) is 51.0 Å². The van der Waals surface area contributed by atoms with Gasteiger partial charge in [-0.3, -0.25) is 14.9 Å². The molecule has 1 saturated heterocycles. The van der Waals surface area contributed by atoms with E-state index in [2.05, 4.69) is 86.5 Å². The molecular weight excluding hydrogens is 456 g/mol. The molecule has 3 aromatic heterocycles. The molecule has 5 aromatic rings. The van der Waals surface area contributed by atoms with E-state index in [4.69, 9.17) is 9.97 Å². The normalized spacial score (nSPS) is 14.1. The van der Waals surface area contributed by atoms with Crippen molar-refractivity contribution >= 4 is 5.82 Å². The third-order valence-electron chi connectivity index (χ3n) is 6.86. The molecule has 0 saturated carbocycles. The van der Waals surface area contributed by atoms with Crippen LogP contribution in [0.25, 0.3) is 22.6 Å². The summed E-state index contributed by atoms with van der Waals surface area (Å²) in [5.41, 5.74) is 5.53. The number of hydrogen-bond donors (Lipinski definition) is 0. The van der Waals surface area contributed by atoms with Crippen molar-refractivity contribution in [1.29, 1.82) is 0 Å². The lowest BCUT2D eigenvalue weighted by Gasteiger charge is -2.40. The summed E-state index contributed by atoms with van der Waals surface area (Å²) < 4.78 is 0. The van der Waals surface area contributed by atoms with E-state index in [1.165, 1.54) is 11.1 Å². The minimum absolute atomic E-state index is 0.231. The van der Waals surface area contributed by atoms with E-state index >= 15 is 0 Å². The van der Waals surface area contributed by atoms with E-state index in [1.807, 2.05) is 24.3 Å². The second-order valence-electron chi connectivity index (χ2n) is 9.15. The van der Waals surface area contributed by atoms with Crippen LogP contribution in [0.2, 0.25) is 0 Å². The molecular formula is C31H28N6. The maximum absolute atomic E-state index is 4.99. The number of pyridine rings is 2. The number of piperazine rings is 1. The fourth-order valence-electron chi connectivity index (χ4n) is 4.99. The second kappa shape index (κ2) is 10.7. The molecule has 6 heteroatoms. The minimum Gasteiger partial charge on any atom is -0.354 e. The van der Waals surface area contributed by atoms with E-state index in [1.54, 1.807) is 24.8 Å². The summed E-state index contributed by atoms with van der Waals surface area (Å²) >= 11 is 0. The summed E-state index contributed by atoms with van der Waals surface area (Å²) in [6.45, 7) is 3.65. The fourth-order valence-corrected chi connectivity index (χ4v) is 4.99. The van der Waals surface area contributed by atoms with Gasteiger partial charge in [0.25, 0.3) is 0 Å². The first-order valence-corrected chi connectivity index (χ1v) is 12.6. The summed E-state index contributed by atoms with van der Waals surface area (Å²) in [7, 11) is 0. The van der Waals surface area contributed by atoms with E-state index in [0.717, 1.165) is 48.8 Å². The van der Waals surface area contributed by atoms with Crippen molar-refractivity contribution in [2.24, 2.45) is 0 Å². The van der Waals surface area contributed by atoms with Gasteiger partial charge >= 0.3 is 0 Å². The molecule has 37 heavy (non-hydrogen) atoms. The van der Waals surface area contributed by atoms with E-state index in [9.17, 15) is 0 Å². The van der Waals surface area contributed by atoms with Crippen LogP contribution in [0.5, 0.6) is 0 Å². The Morgan fingerprint density at radius 3 is 1.68 bits per heavy atom. The quantitative estimate of drug-likeness (QED) is 0.317. The summed E-state index contributed by atoms with van der Waals surface area (Å²) in [6, 6.07) is 31.8. The molecule has 0 aliphatic carbocycles. The fraction of sp³-hybridized carbons (Fsp3) is 0.161. The Labute approximate surface area is 217 Å². The molecule has 0 spiro atoms. The molecule has 4 heterocycles. The van der Waals surface area contributed by atoms with Gasteiger partial charge in [0.05, 0.1) is 11.7 Å². The monoisotopic (exact) mass is 484 g/mol. The van der Waals surface area contributed by atoms with Gasteiger partial charge in [-0.05, 0) is 35.4 Å². The van der Waals surface area contributed by atoms with Crippen molar-refractivity contribution in [3.63, 3.8) is 0 Å². The molecule has 182 valence electrons. The highest BCUT2D eigenvalue weighted by molar-refractivity contribution is 5.67. The van der Waals surface area contributed by atoms with E-state index < -0.39 is 0 Å². The Bertz CT molecular complexity index is 1320. The first-order valence-electron chi connectivity index (χ1n) is 12.6. The molecule has 0 unspecified atom stereocenters. The summed E-state index contributed by atoms with van der Waals surface area (Å²) in [4.78, 5) is 23.2. The second-order valence-corrected chi connectivity index (χ2v) is 9.15. The lowest BCUT2D eigenvalue weighted by molar-refractivity contribution is 0.212. The van der Waals surface area contributed by atoms with Crippen LogP contribution < -0.4 is 4.90 Å². The zero-order chi connectivity index (χ0) is 24.9. The SMILES string of the molecule is c1ccc(C(c2ccccc2)N2CCN(c3cc(-c4ccncc4)nc(-c4ccncc4)n3)CC2)cc1. The predicted octanol–water partition coefficient (Wildman–Crippen LogP) is 5.51. The van der Waals surface area contributed by atoms with Gasteiger partial charge in [0.2, 0.25) is 0 Å². The maximum atomic E-state index is 4.99. The Morgan fingerprint density at radius 2 is 1.11 bits per heavy atom. The van der Waals surface area contributed by atoms with Gasteiger partial charge in [0.1, 0.15) is 5.82 Å². The van der Waals surface area contributed by atoms with E-state index in [0.29, 0.717) is 5.82 Å². The van der Waals surface area contributed by atoms with Gasteiger partial charge in [-0.25, -0.2) is 9.97 Å². The van der Waals surface area contributed by atoms with Gasteiger partial charge in [-0.1, -0.05) is 60.7 Å². The van der Waals surface area contributed by atoms with Gasteiger partial charge in [-0.2, -0.15) is 0 Å². The lowest BCUT2D eigenvalue weighted by atomic mass is 9.96. The number of aromatic nitrogens is 4. The molecule has 6 rings (SSSR count).